The van der Waals surface area contributed by atoms with Crippen molar-refractivity contribution < 1.29 is 14.4 Å². The van der Waals surface area contributed by atoms with Crippen LogP contribution in [0.15, 0.2) is 48.8 Å². The third-order valence-corrected chi connectivity index (χ3v) is 7.75. The van der Waals surface area contributed by atoms with Crippen molar-refractivity contribution in [1.82, 2.24) is 25.0 Å². The molecule has 1 aromatic carbocycles. The number of rotatable bonds is 4. The highest BCUT2D eigenvalue weighted by Crippen LogP contribution is 2.27. The van der Waals surface area contributed by atoms with Gasteiger partial charge in [0, 0.05) is 56.8 Å². The molecule has 5 rings (SSSR count). The quantitative estimate of drug-likeness (QED) is 0.688. The number of piperidine rings is 2. The Morgan fingerprint density at radius 3 is 2.36 bits per heavy atom. The lowest BCUT2D eigenvalue weighted by Gasteiger charge is -2.38. The van der Waals surface area contributed by atoms with Crippen LogP contribution in [0.25, 0.3) is 0 Å². The molecule has 9 heteroatoms. The molecular formula is C27H34N6O3. The fourth-order valence-corrected chi connectivity index (χ4v) is 5.59. The molecule has 2 N–H and O–H groups in total. The lowest BCUT2D eigenvalue weighted by Crippen LogP contribution is -2.53. The summed E-state index contributed by atoms with van der Waals surface area (Å²) in [7, 11) is 0. The first-order chi connectivity index (χ1) is 17.6. The molecule has 9 nitrogen and oxygen atoms in total. The summed E-state index contributed by atoms with van der Waals surface area (Å²) in [6.07, 6.45) is 7.75. The number of hydrogen-bond acceptors (Lipinski definition) is 4. The van der Waals surface area contributed by atoms with Gasteiger partial charge < -0.3 is 25.3 Å². The molecule has 5 amide bonds. The van der Waals surface area contributed by atoms with Gasteiger partial charge in [0.15, 0.2) is 0 Å². The van der Waals surface area contributed by atoms with Crippen molar-refractivity contribution >= 4 is 23.7 Å². The zero-order valence-electron chi connectivity index (χ0n) is 20.6. The average Bonchev–Trinajstić information content (AvgIpc) is 3.10. The molecule has 0 bridgehead atoms. The van der Waals surface area contributed by atoms with Crippen LogP contribution in [0, 0.1) is 0 Å². The number of carbonyl (C=O) groups is 3. The van der Waals surface area contributed by atoms with Gasteiger partial charge in [-0.05, 0) is 67.3 Å². The highest BCUT2D eigenvalue weighted by atomic mass is 16.2. The summed E-state index contributed by atoms with van der Waals surface area (Å²) in [6, 6.07) is 11.8. The van der Waals surface area contributed by atoms with E-state index >= 15 is 0 Å². The fourth-order valence-electron chi connectivity index (χ4n) is 5.59. The van der Waals surface area contributed by atoms with Crippen LogP contribution in [0.2, 0.25) is 0 Å². The topological polar surface area (TPSA) is 97.9 Å². The van der Waals surface area contributed by atoms with E-state index in [4.69, 9.17) is 0 Å². The van der Waals surface area contributed by atoms with E-state index in [1.165, 1.54) is 5.56 Å². The van der Waals surface area contributed by atoms with Crippen molar-refractivity contribution in [3.8, 4) is 0 Å². The van der Waals surface area contributed by atoms with E-state index in [9.17, 15) is 14.4 Å². The van der Waals surface area contributed by atoms with Gasteiger partial charge in [-0.15, -0.1) is 0 Å². The van der Waals surface area contributed by atoms with E-state index in [-0.39, 0.29) is 30.6 Å². The molecule has 36 heavy (non-hydrogen) atoms. The molecule has 0 atom stereocenters. The number of para-hydroxylation sites is 1. The first-order valence-corrected chi connectivity index (χ1v) is 12.9. The van der Waals surface area contributed by atoms with Gasteiger partial charge in [-0.2, -0.15) is 0 Å². The lowest BCUT2D eigenvalue weighted by molar-refractivity contribution is -0.131. The van der Waals surface area contributed by atoms with Gasteiger partial charge >= 0.3 is 12.1 Å². The molecule has 2 saturated heterocycles. The van der Waals surface area contributed by atoms with Crippen LogP contribution >= 0.6 is 0 Å². The molecule has 3 aliphatic rings. The molecule has 0 radical (unpaired) electrons. The Balaban J connectivity index is 1.04. The van der Waals surface area contributed by atoms with Gasteiger partial charge in [-0.1, -0.05) is 18.2 Å². The Hall–Kier alpha value is -3.62. The summed E-state index contributed by atoms with van der Waals surface area (Å²) in [5.74, 6) is 0.417. The van der Waals surface area contributed by atoms with Crippen molar-refractivity contribution in [2.24, 2.45) is 0 Å². The van der Waals surface area contributed by atoms with Crippen LogP contribution in [0.4, 0.5) is 15.3 Å². The average molecular weight is 491 g/mol. The molecule has 2 fully saturated rings. The SMILES string of the molecule is O=C(CNC(=O)N1CCC(N2CCc3ccccc3NC2=O)CC1)N1CCC(c2ccncc2)CC1. The van der Waals surface area contributed by atoms with E-state index < -0.39 is 0 Å². The second-order valence-electron chi connectivity index (χ2n) is 9.84. The van der Waals surface area contributed by atoms with Gasteiger partial charge in [0.2, 0.25) is 5.91 Å². The summed E-state index contributed by atoms with van der Waals surface area (Å²) < 4.78 is 0. The maximum Gasteiger partial charge on any atom is 0.322 e. The normalized spacial score (nSPS) is 19.3. The molecule has 1 aromatic heterocycles. The smallest absolute Gasteiger partial charge is 0.322 e. The molecule has 190 valence electrons. The Morgan fingerprint density at radius 1 is 0.917 bits per heavy atom. The number of carbonyl (C=O) groups excluding carboxylic acids is 3. The molecule has 3 aliphatic heterocycles. The van der Waals surface area contributed by atoms with Gasteiger partial charge in [-0.3, -0.25) is 9.78 Å². The minimum atomic E-state index is -0.207. The first kappa shape index (κ1) is 24.1. The zero-order chi connectivity index (χ0) is 24.9. The van der Waals surface area contributed by atoms with Crippen molar-refractivity contribution in [1.29, 1.82) is 0 Å². The molecule has 4 heterocycles. The number of anilines is 1. The summed E-state index contributed by atoms with van der Waals surface area (Å²) >= 11 is 0. The number of nitrogens with zero attached hydrogens (tertiary/aromatic N) is 4. The van der Waals surface area contributed by atoms with E-state index in [1.807, 2.05) is 52.5 Å². The number of hydrogen-bond donors (Lipinski definition) is 2. The number of aromatic nitrogens is 1. The standard InChI is InChI=1S/C27H34N6O3/c34-25(31-14-7-21(8-15-31)20-5-12-28-13-6-20)19-29-26(35)32-16-10-23(11-17-32)33-18-9-22-3-1-2-4-24(22)30-27(33)36/h1-6,12-13,21,23H,7-11,14-19H2,(H,29,35)(H,30,36). The first-order valence-electron chi connectivity index (χ1n) is 12.9. The van der Waals surface area contributed by atoms with Crippen LogP contribution in [0.5, 0.6) is 0 Å². The summed E-state index contributed by atoms with van der Waals surface area (Å²) in [4.78, 5) is 47.8. The van der Waals surface area contributed by atoms with Gasteiger partial charge in [0.25, 0.3) is 0 Å². The highest BCUT2D eigenvalue weighted by molar-refractivity contribution is 5.91. The number of pyridine rings is 1. The number of nitrogens with one attached hydrogen (secondary N) is 2. The van der Waals surface area contributed by atoms with Crippen molar-refractivity contribution in [3.63, 3.8) is 0 Å². The second kappa shape index (κ2) is 11.0. The van der Waals surface area contributed by atoms with Gasteiger partial charge in [0.1, 0.15) is 0 Å². The van der Waals surface area contributed by atoms with Crippen LogP contribution < -0.4 is 10.6 Å². The van der Waals surface area contributed by atoms with E-state index in [1.54, 1.807) is 4.90 Å². The maximum absolute atomic E-state index is 12.8. The molecule has 0 unspecified atom stereocenters. The molecule has 0 aliphatic carbocycles. The molecular weight excluding hydrogens is 456 g/mol. The van der Waals surface area contributed by atoms with E-state index in [0.717, 1.165) is 43.4 Å². The van der Waals surface area contributed by atoms with E-state index in [0.29, 0.717) is 38.6 Å². The zero-order valence-corrected chi connectivity index (χ0v) is 20.6. The van der Waals surface area contributed by atoms with Crippen LogP contribution in [-0.4, -0.2) is 83.0 Å². The fraction of sp³-hybridized carbons (Fsp3) is 0.481. The number of fused-ring (bicyclic) bond motifs is 1. The number of amides is 5. The number of urea groups is 2. The molecule has 2 aromatic rings. The predicted molar refractivity (Wildman–Crippen MR) is 137 cm³/mol. The van der Waals surface area contributed by atoms with Crippen molar-refractivity contribution in [2.75, 3.05) is 44.6 Å². The van der Waals surface area contributed by atoms with Crippen LogP contribution in [0.3, 0.4) is 0 Å². The summed E-state index contributed by atoms with van der Waals surface area (Å²) in [6.45, 7) is 3.23. The van der Waals surface area contributed by atoms with Gasteiger partial charge in [0.05, 0.1) is 6.54 Å². The summed E-state index contributed by atoms with van der Waals surface area (Å²) in [5.41, 5.74) is 3.31. The van der Waals surface area contributed by atoms with Crippen molar-refractivity contribution in [2.45, 2.75) is 44.1 Å². The van der Waals surface area contributed by atoms with Gasteiger partial charge in [-0.25, -0.2) is 9.59 Å². The third-order valence-electron chi connectivity index (χ3n) is 7.75. The largest absolute Gasteiger partial charge is 0.341 e. The van der Waals surface area contributed by atoms with E-state index in [2.05, 4.69) is 21.7 Å². The Morgan fingerprint density at radius 2 is 1.61 bits per heavy atom. The Bertz CT molecular complexity index is 1080. The lowest BCUT2D eigenvalue weighted by atomic mass is 9.90. The highest BCUT2D eigenvalue weighted by Gasteiger charge is 2.31. The van der Waals surface area contributed by atoms with Crippen molar-refractivity contribution in [3.05, 3.63) is 59.9 Å². The maximum atomic E-state index is 12.8. The third kappa shape index (κ3) is 5.45. The summed E-state index contributed by atoms with van der Waals surface area (Å²) in [5, 5.41) is 5.84. The molecule has 0 spiro atoms. The van der Waals surface area contributed by atoms with Crippen LogP contribution in [0.1, 0.15) is 42.7 Å². The van der Waals surface area contributed by atoms with Crippen LogP contribution in [-0.2, 0) is 11.2 Å². The molecule has 0 saturated carbocycles. The number of benzene rings is 1. The number of likely N-dealkylation sites (tertiary alicyclic amines) is 2. The Labute approximate surface area is 211 Å². The second-order valence-corrected chi connectivity index (χ2v) is 9.84. The predicted octanol–water partition coefficient (Wildman–Crippen LogP) is 3.05. The minimum Gasteiger partial charge on any atom is -0.341 e. The monoisotopic (exact) mass is 490 g/mol. The Kier molecular flexibility index (Phi) is 7.34. The minimum absolute atomic E-state index is 0.0193.